The van der Waals surface area contributed by atoms with Crippen molar-refractivity contribution in [3.05, 3.63) is 72.0 Å². The van der Waals surface area contributed by atoms with E-state index in [9.17, 15) is 22.4 Å². The van der Waals surface area contributed by atoms with E-state index in [-0.39, 0.29) is 42.4 Å². The second kappa shape index (κ2) is 8.98. The van der Waals surface area contributed by atoms with Gasteiger partial charge in [0, 0.05) is 37.6 Å². The SMILES string of the molecule is CN(Cc1ccccc1OC(F)(F)F)C(=O)CCc1ncc(-c2ccc(F)cc2)o1. The van der Waals surface area contributed by atoms with E-state index in [1.165, 1.54) is 48.5 Å². The van der Waals surface area contributed by atoms with Crippen molar-refractivity contribution >= 4 is 5.91 Å². The molecule has 0 radical (unpaired) electrons. The van der Waals surface area contributed by atoms with Crippen LogP contribution < -0.4 is 4.74 Å². The van der Waals surface area contributed by atoms with Gasteiger partial charge in [0.25, 0.3) is 0 Å². The number of benzene rings is 2. The molecule has 0 bridgehead atoms. The Bertz CT molecular complexity index is 1000. The van der Waals surface area contributed by atoms with Crippen molar-refractivity contribution < 1.29 is 31.5 Å². The molecule has 0 atom stereocenters. The number of nitrogens with zero attached hydrogens (tertiary/aromatic N) is 2. The molecule has 0 N–H and O–H groups in total. The maximum atomic E-state index is 13.0. The van der Waals surface area contributed by atoms with Gasteiger partial charge >= 0.3 is 6.36 Å². The summed E-state index contributed by atoms with van der Waals surface area (Å²) in [5.74, 6) is -0.227. The first-order valence-electron chi connectivity index (χ1n) is 8.99. The van der Waals surface area contributed by atoms with Crippen LogP contribution in [0.1, 0.15) is 17.9 Å². The van der Waals surface area contributed by atoms with E-state index in [0.29, 0.717) is 17.2 Å². The molecule has 1 amide bonds. The lowest BCUT2D eigenvalue weighted by Crippen LogP contribution is -2.27. The van der Waals surface area contributed by atoms with E-state index in [2.05, 4.69) is 9.72 Å². The molecule has 0 unspecified atom stereocenters. The number of amides is 1. The lowest BCUT2D eigenvalue weighted by molar-refractivity contribution is -0.275. The second-order valence-electron chi connectivity index (χ2n) is 6.53. The number of hydrogen-bond acceptors (Lipinski definition) is 4. The summed E-state index contributed by atoms with van der Waals surface area (Å²) in [5.41, 5.74) is 0.889. The fourth-order valence-corrected chi connectivity index (χ4v) is 2.78. The van der Waals surface area contributed by atoms with Gasteiger partial charge in [0.15, 0.2) is 11.7 Å². The number of ether oxygens (including phenoxy) is 1. The molecule has 30 heavy (non-hydrogen) atoms. The van der Waals surface area contributed by atoms with Crippen molar-refractivity contribution in [1.29, 1.82) is 0 Å². The number of aryl methyl sites for hydroxylation is 1. The standard InChI is InChI=1S/C21H18F4N2O3/c1-27(13-15-4-2-3-5-17(15)30-21(23,24)25)20(28)11-10-19-26-12-18(29-19)14-6-8-16(22)9-7-14/h2-9,12H,10-11,13H2,1H3. The summed E-state index contributed by atoms with van der Waals surface area (Å²) in [4.78, 5) is 17.8. The van der Waals surface area contributed by atoms with Crippen molar-refractivity contribution in [2.45, 2.75) is 25.7 Å². The molecule has 2 aromatic carbocycles. The zero-order valence-electron chi connectivity index (χ0n) is 15.9. The van der Waals surface area contributed by atoms with Crippen molar-refractivity contribution in [2.75, 3.05) is 7.05 Å². The molecule has 3 aromatic rings. The number of carbonyl (C=O) groups excluding carboxylic acids is 1. The van der Waals surface area contributed by atoms with Gasteiger partial charge in [-0.15, -0.1) is 13.2 Å². The van der Waals surface area contributed by atoms with Crippen LogP contribution in [0.4, 0.5) is 17.6 Å². The highest BCUT2D eigenvalue weighted by Gasteiger charge is 2.32. The quantitative estimate of drug-likeness (QED) is 0.505. The van der Waals surface area contributed by atoms with Crippen LogP contribution in [-0.2, 0) is 17.8 Å². The molecule has 0 fully saturated rings. The predicted molar refractivity (Wildman–Crippen MR) is 99.8 cm³/mol. The molecule has 3 rings (SSSR count). The second-order valence-corrected chi connectivity index (χ2v) is 6.53. The average Bonchev–Trinajstić information content (AvgIpc) is 3.16. The fourth-order valence-electron chi connectivity index (χ4n) is 2.78. The van der Waals surface area contributed by atoms with Crippen LogP contribution in [0.2, 0.25) is 0 Å². The van der Waals surface area contributed by atoms with E-state index >= 15 is 0 Å². The van der Waals surface area contributed by atoms with E-state index in [0.717, 1.165) is 0 Å². The largest absolute Gasteiger partial charge is 0.573 e. The molecule has 5 nitrogen and oxygen atoms in total. The Morgan fingerprint density at radius 1 is 1.13 bits per heavy atom. The van der Waals surface area contributed by atoms with Crippen molar-refractivity contribution in [1.82, 2.24) is 9.88 Å². The highest BCUT2D eigenvalue weighted by atomic mass is 19.4. The summed E-state index contributed by atoms with van der Waals surface area (Å²) >= 11 is 0. The van der Waals surface area contributed by atoms with Crippen LogP contribution in [0, 0.1) is 5.82 Å². The molecule has 0 spiro atoms. The Labute approximate surface area is 169 Å². The van der Waals surface area contributed by atoms with Crippen molar-refractivity contribution in [3.63, 3.8) is 0 Å². The molecular weight excluding hydrogens is 404 g/mol. The van der Waals surface area contributed by atoms with Crippen LogP contribution in [0.15, 0.2) is 59.1 Å². The lowest BCUT2D eigenvalue weighted by atomic mass is 10.2. The normalized spacial score (nSPS) is 11.4. The number of hydrogen-bond donors (Lipinski definition) is 0. The summed E-state index contributed by atoms with van der Waals surface area (Å²) in [5, 5.41) is 0. The van der Waals surface area contributed by atoms with Gasteiger partial charge in [0.2, 0.25) is 5.91 Å². The molecule has 0 saturated heterocycles. The molecule has 0 aliphatic carbocycles. The van der Waals surface area contributed by atoms with Gasteiger partial charge in [-0.1, -0.05) is 18.2 Å². The van der Waals surface area contributed by atoms with E-state index in [4.69, 9.17) is 4.42 Å². The fraction of sp³-hybridized carbons (Fsp3) is 0.238. The number of carbonyl (C=O) groups is 1. The van der Waals surface area contributed by atoms with Crippen molar-refractivity contribution in [3.8, 4) is 17.1 Å². The third-order valence-corrected chi connectivity index (χ3v) is 4.27. The van der Waals surface area contributed by atoms with Crippen LogP contribution >= 0.6 is 0 Å². The van der Waals surface area contributed by atoms with Crippen LogP contribution in [0.25, 0.3) is 11.3 Å². The monoisotopic (exact) mass is 422 g/mol. The highest BCUT2D eigenvalue weighted by molar-refractivity contribution is 5.76. The average molecular weight is 422 g/mol. The molecule has 0 saturated carbocycles. The van der Waals surface area contributed by atoms with Crippen LogP contribution in [-0.4, -0.2) is 29.2 Å². The molecular formula is C21H18F4N2O3. The minimum absolute atomic E-state index is 0.0441. The third kappa shape index (κ3) is 5.82. The molecule has 0 aliphatic heterocycles. The lowest BCUT2D eigenvalue weighted by Gasteiger charge is -2.19. The Morgan fingerprint density at radius 2 is 1.83 bits per heavy atom. The minimum atomic E-state index is -4.81. The summed E-state index contributed by atoms with van der Waals surface area (Å²) < 4.78 is 60.2. The predicted octanol–water partition coefficient (Wildman–Crippen LogP) is 4.97. The van der Waals surface area contributed by atoms with Crippen LogP contribution in [0.3, 0.4) is 0 Å². The molecule has 0 aliphatic rings. The number of halogens is 4. The smallest absolute Gasteiger partial charge is 0.441 e. The molecule has 1 aromatic heterocycles. The first-order valence-corrected chi connectivity index (χ1v) is 8.99. The number of aromatic nitrogens is 1. The van der Waals surface area contributed by atoms with Crippen LogP contribution in [0.5, 0.6) is 5.75 Å². The van der Waals surface area contributed by atoms with E-state index < -0.39 is 6.36 Å². The highest BCUT2D eigenvalue weighted by Crippen LogP contribution is 2.27. The van der Waals surface area contributed by atoms with Gasteiger partial charge in [-0.3, -0.25) is 4.79 Å². The zero-order valence-corrected chi connectivity index (χ0v) is 15.9. The first kappa shape index (κ1) is 21.4. The zero-order chi connectivity index (χ0) is 21.7. The van der Waals surface area contributed by atoms with E-state index in [1.54, 1.807) is 18.2 Å². The number of oxazole rings is 1. The number of rotatable bonds is 7. The third-order valence-electron chi connectivity index (χ3n) is 4.27. The maximum Gasteiger partial charge on any atom is 0.573 e. The Hall–Kier alpha value is -3.36. The Kier molecular flexibility index (Phi) is 6.39. The Morgan fingerprint density at radius 3 is 2.53 bits per heavy atom. The van der Waals surface area contributed by atoms with Gasteiger partial charge in [-0.25, -0.2) is 9.37 Å². The van der Waals surface area contributed by atoms with E-state index in [1.807, 2.05) is 0 Å². The molecule has 1 heterocycles. The van der Waals surface area contributed by atoms with Crippen molar-refractivity contribution in [2.24, 2.45) is 0 Å². The maximum absolute atomic E-state index is 13.0. The first-order chi connectivity index (χ1) is 14.2. The summed E-state index contributed by atoms with van der Waals surface area (Å²) in [7, 11) is 1.49. The summed E-state index contributed by atoms with van der Waals surface area (Å²) in [6, 6.07) is 11.4. The summed E-state index contributed by atoms with van der Waals surface area (Å²) in [6.07, 6.45) is -3.05. The van der Waals surface area contributed by atoms with Gasteiger partial charge in [0.05, 0.1) is 6.20 Å². The van der Waals surface area contributed by atoms with Gasteiger partial charge in [-0.05, 0) is 30.3 Å². The number of para-hydroxylation sites is 1. The van der Waals surface area contributed by atoms with Gasteiger partial charge in [-0.2, -0.15) is 0 Å². The Balaban J connectivity index is 1.58. The topological polar surface area (TPSA) is 55.6 Å². The van der Waals surface area contributed by atoms with Gasteiger partial charge in [0.1, 0.15) is 11.6 Å². The number of alkyl halides is 3. The molecule has 9 heteroatoms. The minimum Gasteiger partial charge on any atom is -0.441 e. The molecule has 158 valence electrons. The summed E-state index contributed by atoms with van der Waals surface area (Å²) in [6.45, 7) is -0.0441. The van der Waals surface area contributed by atoms with Gasteiger partial charge < -0.3 is 14.1 Å².